The van der Waals surface area contributed by atoms with Gasteiger partial charge in [-0.1, -0.05) is 55.0 Å². The minimum atomic E-state index is -0.835. The molecule has 3 aromatic rings. The number of ether oxygens (including phenoxy) is 3. The van der Waals surface area contributed by atoms with Crippen molar-refractivity contribution in [1.29, 1.82) is 0 Å². The Morgan fingerprint density at radius 2 is 1.87 bits per heavy atom. The lowest BCUT2D eigenvalue weighted by Gasteiger charge is -2.25. The van der Waals surface area contributed by atoms with E-state index in [1.165, 1.54) is 29.9 Å². The van der Waals surface area contributed by atoms with Crippen LogP contribution < -0.4 is 24.4 Å². The lowest BCUT2D eigenvalue weighted by molar-refractivity contribution is -0.140. The Balaban J connectivity index is 1.92. The van der Waals surface area contributed by atoms with Crippen molar-refractivity contribution in [2.24, 2.45) is 10.9 Å². The molecule has 0 N–H and O–H groups in total. The lowest BCUT2D eigenvalue weighted by atomic mass is 9.95. The summed E-state index contributed by atoms with van der Waals surface area (Å²) in [5, 5.41) is 0.593. The summed E-state index contributed by atoms with van der Waals surface area (Å²) < 4.78 is 18.2. The molecular weight excluding hydrogens is 528 g/mol. The normalized spacial score (nSPS) is 15.2. The fourth-order valence-electron chi connectivity index (χ4n) is 4.02. The number of methoxy groups -OCH3 is 1. The Hall–Kier alpha value is -3.69. The summed E-state index contributed by atoms with van der Waals surface area (Å²) in [6.45, 7) is 7.12. The van der Waals surface area contributed by atoms with Gasteiger partial charge in [0.1, 0.15) is 0 Å². The predicted molar refractivity (Wildman–Crippen MR) is 145 cm³/mol. The Morgan fingerprint density at radius 3 is 2.50 bits per heavy atom. The number of benzene rings is 2. The molecule has 0 bridgehead atoms. The summed E-state index contributed by atoms with van der Waals surface area (Å²) in [6.07, 6.45) is 1.76. The minimum Gasteiger partial charge on any atom is -0.493 e. The Bertz CT molecular complexity index is 1600. The van der Waals surface area contributed by atoms with Crippen molar-refractivity contribution in [3.05, 3.63) is 89.6 Å². The van der Waals surface area contributed by atoms with Crippen LogP contribution in [-0.2, 0) is 14.3 Å². The molecule has 1 unspecified atom stereocenters. The number of thiazole rings is 1. The van der Waals surface area contributed by atoms with Crippen molar-refractivity contribution in [3.8, 4) is 11.5 Å². The van der Waals surface area contributed by atoms with E-state index in [-0.39, 0.29) is 35.2 Å². The summed E-state index contributed by atoms with van der Waals surface area (Å²) in [7, 11) is 1.45. The van der Waals surface area contributed by atoms with Crippen molar-refractivity contribution < 1.29 is 23.8 Å². The molecule has 10 heteroatoms. The molecular formula is C28H27ClN2O6S. The van der Waals surface area contributed by atoms with Crippen LogP contribution in [0.5, 0.6) is 11.5 Å². The molecule has 198 valence electrons. The van der Waals surface area contributed by atoms with Gasteiger partial charge in [-0.15, -0.1) is 0 Å². The maximum Gasteiger partial charge on any atom is 0.338 e. The number of rotatable bonds is 7. The number of aromatic nitrogens is 1. The van der Waals surface area contributed by atoms with Crippen LogP contribution in [-0.4, -0.2) is 30.2 Å². The average Bonchev–Trinajstić information content (AvgIpc) is 3.17. The number of hydrogen-bond acceptors (Lipinski definition) is 8. The van der Waals surface area contributed by atoms with E-state index < -0.39 is 18.0 Å². The van der Waals surface area contributed by atoms with Gasteiger partial charge in [0.2, 0.25) is 0 Å². The largest absolute Gasteiger partial charge is 0.493 e. The highest BCUT2D eigenvalue weighted by Crippen LogP contribution is 2.36. The number of allylic oxidation sites excluding steroid dienone is 1. The quantitative estimate of drug-likeness (QED) is 0.323. The zero-order chi connectivity index (χ0) is 27.6. The van der Waals surface area contributed by atoms with Crippen LogP contribution in [0.4, 0.5) is 0 Å². The number of hydrogen-bond donors (Lipinski definition) is 0. The van der Waals surface area contributed by atoms with Gasteiger partial charge in [0.15, 0.2) is 16.3 Å². The predicted octanol–water partition coefficient (Wildman–Crippen LogP) is 4.02. The fourth-order valence-corrected chi connectivity index (χ4v) is 5.19. The SMILES string of the molecule is COc1cc(C2C(C(=O)OCC(C)C)=C(C)N=c3s/c(=C\c4ccc(Cl)cc4)c(=O)n32)ccc1OC(C)=O. The second-order valence-electron chi connectivity index (χ2n) is 9.13. The monoisotopic (exact) mass is 554 g/mol. The van der Waals surface area contributed by atoms with E-state index in [4.69, 9.17) is 25.8 Å². The van der Waals surface area contributed by atoms with Gasteiger partial charge in [0.05, 0.1) is 35.6 Å². The summed E-state index contributed by atoms with van der Waals surface area (Å²) in [5.74, 6) is -0.420. The van der Waals surface area contributed by atoms with Crippen LogP contribution in [0.2, 0.25) is 5.02 Å². The zero-order valence-electron chi connectivity index (χ0n) is 21.6. The maximum atomic E-state index is 13.8. The topological polar surface area (TPSA) is 96.2 Å². The third-order valence-corrected chi connectivity index (χ3v) is 6.95. The van der Waals surface area contributed by atoms with Crippen LogP contribution in [0.15, 0.2) is 63.5 Å². The van der Waals surface area contributed by atoms with E-state index in [1.807, 2.05) is 26.0 Å². The fraction of sp³-hybridized carbons (Fsp3) is 0.286. The highest BCUT2D eigenvalue weighted by Gasteiger charge is 2.34. The van der Waals surface area contributed by atoms with Gasteiger partial charge in [-0.3, -0.25) is 14.2 Å². The van der Waals surface area contributed by atoms with Crippen LogP contribution in [0.25, 0.3) is 6.08 Å². The van der Waals surface area contributed by atoms with Crippen molar-refractivity contribution in [1.82, 2.24) is 4.57 Å². The molecule has 2 aromatic carbocycles. The second kappa shape index (κ2) is 11.4. The molecule has 0 aliphatic carbocycles. The van der Waals surface area contributed by atoms with E-state index >= 15 is 0 Å². The number of carbonyl (C=O) groups excluding carboxylic acids is 2. The van der Waals surface area contributed by atoms with E-state index in [0.717, 1.165) is 5.56 Å². The molecule has 1 atom stereocenters. The Kier molecular flexibility index (Phi) is 8.18. The number of nitrogens with zero attached hydrogens (tertiary/aromatic N) is 2. The van der Waals surface area contributed by atoms with E-state index in [1.54, 1.807) is 43.3 Å². The van der Waals surface area contributed by atoms with Crippen LogP contribution >= 0.6 is 22.9 Å². The van der Waals surface area contributed by atoms with Gasteiger partial charge in [-0.25, -0.2) is 9.79 Å². The molecule has 1 aliphatic heterocycles. The second-order valence-corrected chi connectivity index (χ2v) is 10.6. The molecule has 0 saturated carbocycles. The molecule has 0 saturated heterocycles. The number of esters is 2. The third kappa shape index (κ3) is 5.74. The van der Waals surface area contributed by atoms with E-state index in [2.05, 4.69) is 4.99 Å². The molecule has 0 radical (unpaired) electrons. The Morgan fingerprint density at radius 1 is 1.16 bits per heavy atom. The lowest BCUT2D eigenvalue weighted by Crippen LogP contribution is -2.40. The van der Waals surface area contributed by atoms with Gasteiger partial charge < -0.3 is 14.2 Å². The summed E-state index contributed by atoms with van der Waals surface area (Å²) >= 11 is 7.23. The van der Waals surface area contributed by atoms with Crippen molar-refractivity contribution >= 4 is 41.0 Å². The first-order chi connectivity index (χ1) is 18.1. The van der Waals surface area contributed by atoms with Gasteiger partial charge in [0, 0.05) is 11.9 Å². The standard InChI is InChI=1S/C28H27ClN2O6S/c1-15(2)14-36-27(34)24-16(3)30-28-31(26(33)23(38-28)12-18-6-9-20(29)10-7-18)25(24)19-8-11-21(37-17(4)32)22(13-19)35-5/h6-13,15,25H,14H2,1-5H3/b23-12-. The van der Waals surface area contributed by atoms with Gasteiger partial charge >= 0.3 is 11.9 Å². The highest BCUT2D eigenvalue weighted by molar-refractivity contribution is 7.07. The molecule has 0 spiro atoms. The molecule has 8 nitrogen and oxygen atoms in total. The van der Waals surface area contributed by atoms with Crippen LogP contribution in [0.1, 0.15) is 44.9 Å². The maximum absolute atomic E-state index is 13.8. The third-order valence-electron chi connectivity index (χ3n) is 5.71. The minimum absolute atomic E-state index is 0.127. The average molecular weight is 555 g/mol. The van der Waals surface area contributed by atoms with Crippen molar-refractivity contribution in [2.45, 2.75) is 33.7 Å². The number of fused-ring (bicyclic) bond motifs is 1. The van der Waals surface area contributed by atoms with Gasteiger partial charge in [0.25, 0.3) is 5.56 Å². The van der Waals surface area contributed by atoms with Crippen LogP contribution in [0.3, 0.4) is 0 Å². The molecule has 1 aliphatic rings. The first-order valence-corrected chi connectivity index (χ1v) is 13.1. The molecule has 4 rings (SSSR count). The summed E-state index contributed by atoms with van der Waals surface area (Å²) in [6, 6.07) is 11.2. The Labute approximate surface area is 228 Å². The van der Waals surface area contributed by atoms with Crippen molar-refractivity contribution in [2.75, 3.05) is 13.7 Å². The van der Waals surface area contributed by atoms with Gasteiger partial charge in [-0.2, -0.15) is 0 Å². The zero-order valence-corrected chi connectivity index (χ0v) is 23.2. The smallest absolute Gasteiger partial charge is 0.338 e. The van der Waals surface area contributed by atoms with Crippen LogP contribution in [0, 0.1) is 5.92 Å². The molecule has 38 heavy (non-hydrogen) atoms. The number of carbonyl (C=O) groups is 2. The summed E-state index contributed by atoms with van der Waals surface area (Å²) in [5.41, 5.74) is 1.77. The molecule has 0 amide bonds. The van der Waals surface area contributed by atoms with Crippen molar-refractivity contribution in [3.63, 3.8) is 0 Å². The number of halogens is 1. The highest BCUT2D eigenvalue weighted by atomic mass is 35.5. The molecule has 0 fully saturated rings. The molecule has 2 heterocycles. The van der Waals surface area contributed by atoms with E-state index in [0.29, 0.717) is 25.6 Å². The van der Waals surface area contributed by atoms with E-state index in [9.17, 15) is 14.4 Å². The molecule has 1 aromatic heterocycles. The first kappa shape index (κ1) is 27.3. The van der Waals surface area contributed by atoms with Gasteiger partial charge in [-0.05, 0) is 54.3 Å². The first-order valence-electron chi connectivity index (χ1n) is 11.9. The summed E-state index contributed by atoms with van der Waals surface area (Å²) in [4.78, 5) is 43.7.